The van der Waals surface area contributed by atoms with Gasteiger partial charge in [-0.2, -0.15) is 0 Å². The van der Waals surface area contributed by atoms with E-state index < -0.39 is 0 Å². The van der Waals surface area contributed by atoms with Gasteiger partial charge in [0.2, 0.25) is 0 Å². The van der Waals surface area contributed by atoms with Gasteiger partial charge in [0.05, 0.1) is 17.1 Å². The Bertz CT molecular complexity index is 489. The van der Waals surface area contributed by atoms with Crippen LogP contribution in [0, 0.1) is 12.7 Å². The molecule has 0 aliphatic heterocycles. The largest absolute Gasteiger partial charge is 0.397 e. The molecule has 0 fully saturated rings. The third-order valence-corrected chi connectivity index (χ3v) is 2.44. The van der Waals surface area contributed by atoms with Crippen LogP contribution in [0.2, 0.25) is 0 Å². The van der Waals surface area contributed by atoms with Crippen molar-refractivity contribution in [3.63, 3.8) is 0 Å². The SMILES string of the molecule is Cc1cccc(F)c1Nc1ccccc1N. The Labute approximate surface area is 93.9 Å². The maximum absolute atomic E-state index is 13.6. The average Bonchev–Trinajstić information content (AvgIpc) is 2.26. The van der Waals surface area contributed by atoms with Crippen LogP contribution in [0.4, 0.5) is 21.5 Å². The molecule has 0 spiro atoms. The van der Waals surface area contributed by atoms with E-state index in [0.29, 0.717) is 11.4 Å². The minimum absolute atomic E-state index is 0.275. The van der Waals surface area contributed by atoms with Gasteiger partial charge in [-0.25, -0.2) is 4.39 Å². The first-order valence-corrected chi connectivity index (χ1v) is 5.05. The van der Waals surface area contributed by atoms with Crippen LogP contribution in [0.3, 0.4) is 0 Å². The summed E-state index contributed by atoms with van der Waals surface area (Å²) in [4.78, 5) is 0. The van der Waals surface area contributed by atoms with Crippen LogP contribution in [0.15, 0.2) is 42.5 Å². The third-order valence-electron chi connectivity index (χ3n) is 2.44. The van der Waals surface area contributed by atoms with E-state index in [9.17, 15) is 4.39 Å². The van der Waals surface area contributed by atoms with E-state index >= 15 is 0 Å². The summed E-state index contributed by atoms with van der Waals surface area (Å²) in [5, 5.41) is 3.01. The maximum atomic E-state index is 13.6. The fourth-order valence-electron chi connectivity index (χ4n) is 1.54. The van der Waals surface area contributed by atoms with Crippen molar-refractivity contribution in [2.24, 2.45) is 0 Å². The fraction of sp³-hybridized carbons (Fsp3) is 0.0769. The highest BCUT2D eigenvalue weighted by molar-refractivity contribution is 5.73. The van der Waals surface area contributed by atoms with E-state index in [2.05, 4.69) is 5.32 Å². The molecule has 82 valence electrons. The zero-order chi connectivity index (χ0) is 11.5. The maximum Gasteiger partial charge on any atom is 0.146 e. The van der Waals surface area contributed by atoms with Gasteiger partial charge in [0.25, 0.3) is 0 Å². The highest BCUT2D eigenvalue weighted by Crippen LogP contribution is 2.26. The van der Waals surface area contributed by atoms with Crippen LogP contribution < -0.4 is 11.1 Å². The first-order chi connectivity index (χ1) is 7.68. The van der Waals surface area contributed by atoms with E-state index in [1.54, 1.807) is 12.1 Å². The summed E-state index contributed by atoms with van der Waals surface area (Å²) in [6.07, 6.45) is 0. The van der Waals surface area contributed by atoms with Gasteiger partial charge >= 0.3 is 0 Å². The highest BCUT2D eigenvalue weighted by atomic mass is 19.1. The lowest BCUT2D eigenvalue weighted by Gasteiger charge is -2.12. The molecule has 0 radical (unpaired) electrons. The summed E-state index contributed by atoms with van der Waals surface area (Å²) in [5.74, 6) is -0.275. The molecule has 0 aromatic heterocycles. The Morgan fingerprint density at radius 1 is 1.06 bits per heavy atom. The number of nitrogens with two attached hydrogens (primary N) is 1. The van der Waals surface area contributed by atoms with Crippen molar-refractivity contribution in [3.8, 4) is 0 Å². The second kappa shape index (κ2) is 4.23. The van der Waals surface area contributed by atoms with Gasteiger partial charge in [0, 0.05) is 0 Å². The molecule has 0 aliphatic rings. The molecule has 3 heteroatoms. The van der Waals surface area contributed by atoms with Gasteiger partial charge in [-0.05, 0) is 30.7 Å². The number of benzene rings is 2. The molecule has 2 rings (SSSR count). The van der Waals surface area contributed by atoms with Gasteiger partial charge < -0.3 is 11.1 Å². The van der Waals surface area contributed by atoms with E-state index in [1.165, 1.54) is 6.07 Å². The first-order valence-electron chi connectivity index (χ1n) is 5.05. The summed E-state index contributed by atoms with van der Waals surface area (Å²) in [5.41, 5.74) is 8.43. The molecule has 0 bridgehead atoms. The lowest BCUT2D eigenvalue weighted by atomic mass is 10.1. The summed E-state index contributed by atoms with van der Waals surface area (Å²) >= 11 is 0. The molecule has 0 saturated heterocycles. The molecule has 0 heterocycles. The minimum atomic E-state index is -0.275. The van der Waals surface area contributed by atoms with Crippen LogP contribution in [-0.2, 0) is 0 Å². The van der Waals surface area contributed by atoms with E-state index in [0.717, 1.165) is 11.3 Å². The van der Waals surface area contributed by atoms with Crippen molar-refractivity contribution in [2.75, 3.05) is 11.1 Å². The molecule has 0 atom stereocenters. The lowest BCUT2D eigenvalue weighted by molar-refractivity contribution is 0.631. The Balaban J connectivity index is 2.38. The number of rotatable bonds is 2. The number of anilines is 3. The number of hydrogen-bond donors (Lipinski definition) is 2. The molecule has 2 nitrogen and oxygen atoms in total. The smallest absolute Gasteiger partial charge is 0.146 e. The van der Waals surface area contributed by atoms with Crippen molar-refractivity contribution in [1.29, 1.82) is 0 Å². The van der Waals surface area contributed by atoms with Crippen LogP contribution in [0.25, 0.3) is 0 Å². The molecule has 0 saturated carbocycles. The van der Waals surface area contributed by atoms with Crippen LogP contribution in [0.5, 0.6) is 0 Å². The molecule has 0 unspecified atom stereocenters. The van der Waals surface area contributed by atoms with Gasteiger partial charge in [-0.1, -0.05) is 24.3 Å². The highest BCUT2D eigenvalue weighted by Gasteiger charge is 2.06. The number of para-hydroxylation sites is 3. The first kappa shape index (κ1) is 10.5. The summed E-state index contributed by atoms with van der Waals surface area (Å²) in [6, 6.07) is 12.3. The van der Waals surface area contributed by atoms with Gasteiger partial charge in [0.15, 0.2) is 0 Å². The Kier molecular flexibility index (Phi) is 2.77. The molecule has 0 aliphatic carbocycles. The Morgan fingerprint density at radius 2 is 1.81 bits per heavy atom. The predicted octanol–water partition coefficient (Wildman–Crippen LogP) is 3.46. The van der Waals surface area contributed by atoms with Gasteiger partial charge in [0.1, 0.15) is 5.82 Å². The number of halogens is 1. The minimum Gasteiger partial charge on any atom is -0.397 e. The lowest BCUT2D eigenvalue weighted by Crippen LogP contribution is -1.99. The molecule has 2 aromatic carbocycles. The summed E-state index contributed by atoms with van der Waals surface area (Å²) in [7, 11) is 0. The van der Waals surface area contributed by atoms with E-state index in [-0.39, 0.29) is 5.82 Å². The molecule has 3 N–H and O–H groups in total. The standard InChI is InChI=1S/C13H13FN2/c1-9-5-4-6-10(14)13(9)16-12-8-3-2-7-11(12)15/h2-8,16H,15H2,1H3. The van der Waals surface area contributed by atoms with Crippen LogP contribution in [0.1, 0.15) is 5.56 Å². The van der Waals surface area contributed by atoms with Crippen LogP contribution >= 0.6 is 0 Å². The molecular weight excluding hydrogens is 203 g/mol. The Morgan fingerprint density at radius 3 is 2.50 bits per heavy atom. The quantitative estimate of drug-likeness (QED) is 0.754. The van der Waals surface area contributed by atoms with Crippen molar-refractivity contribution >= 4 is 17.1 Å². The number of nitrogens with one attached hydrogen (secondary N) is 1. The van der Waals surface area contributed by atoms with Gasteiger partial charge in [-0.3, -0.25) is 0 Å². The number of aryl methyl sites for hydroxylation is 1. The summed E-state index contributed by atoms with van der Waals surface area (Å²) < 4.78 is 13.6. The monoisotopic (exact) mass is 216 g/mol. The molecule has 16 heavy (non-hydrogen) atoms. The van der Waals surface area contributed by atoms with Gasteiger partial charge in [-0.15, -0.1) is 0 Å². The average molecular weight is 216 g/mol. The van der Waals surface area contributed by atoms with E-state index in [1.807, 2.05) is 31.2 Å². The zero-order valence-electron chi connectivity index (χ0n) is 9.00. The summed E-state index contributed by atoms with van der Waals surface area (Å²) in [6.45, 7) is 1.85. The molecule has 0 amide bonds. The van der Waals surface area contributed by atoms with Crippen molar-refractivity contribution in [1.82, 2.24) is 0 Å². The Hall–Kier alpha value is -2.03. The van der Waals surface area contributed by atoms with E-state index in [4.69, 9.17) is 5.73 Å². The van der Waals surface area contributed by atoms with Crippen molar-refractivity contribution in [2.45, 2.75) is 6.92 Å². The van der Waals surface area contributed by atoms with Crippen LogP contribution in [-0.4, -0.2) is 0 Å². The normalized spacial score (nSPS) is 10.1. The third kappa shape index (κ3) is 1.98. The zero-order valence-corrected chi connectivity index (χ0v) is 9.00. The second-order valence-corrected chi connectivity index (χ2v) is 3.64. The fourth-order valence-corrected chi connectivity index (χ4v) is 1.54. The van der Waals surface area contributed by atoms with Crippen molar-refractivity contribution in [3.05, 3.63) is 53.8 Å². The van der Waals surface area contributed by atoms with Crippen molar-refractivity contribution < 1.29 is 4.39 Å². The predicted molar refractivity (Wildman–Crippen MR) is 65.3 cm³/mol. The number of hydrogen-bond acceptors (Lipinski definition) is 2. The number of nitrogen functional groups attached to an aromatic ring is 1. The topological polar surface area (TPSA) is 38.0 Å². The second-order valence-electron chi connectivity index (χ2n) is 3.64. The molecule has 2 aromatic rings. The molecular formula is C13H13FN2.